The van der Waals surface area contributed by atoms with E-state index in [1.165, 1.54) is 5.56 Å². The summed E-state index contributed by atoms with van der Waals surface area (Å²) in [6.45, 7) is 6.61. The molecule has 0 atom stereocenters. The molecular weight excluding hydrogens is 408 g/mol. The number of alkyl halides is 2. The maximum Gasteiger partial charge on any atom is 0.248 e. The largest absolute Gasteiger partial charge is 0.361 e. The second-order valence-corrected chi connectivity index (χ2v) is 9.15. The average Bonchev–Trinajstić information content (AvgIpc) is 3.29. The zero-order chi connectivity index (χ0) is 22.5. The maximum absolute atomic E-state index is 13.7. The minimum Gasteiger partial charge on any atom is -0.361 e. The molecule has 6 heteroatoms. The number of hydrogen-bond donors (Lipinski definition) is 0. The molecule has 1 aliphatic carbocycles. The molecule has 1 saturated carbocycles. The third kappa shape index (κ3) is 3.83. The highest BCUT2D eigenvalue weighted by Crippen LogP contribution is 2.39. The summed E-state index contributed by atoms with van der Waals surface area (Å²) < 4.78 is 34.9. The molecular formula is C26H27F2N3O. The number of rotatable bonds is 4. The Bertz CT molecular complexity index is 1240. The summed E-state index contributed by atoms with van der Waals surface area (Å²) in [7, 11) is 0. The first-order valence-corrected chi connectivity index (χ1v) is 11.2. The Hall–Kier alpha value is -3.02. The summed E-state index contributed by atoms with van der Waals surface area (Å²) in [5, 5.41) is 4.08. The van der Waals surface area contributed by atoms with Gasteiger partial charge in [0, 0.05) is 48.5 Å². The average molecular weight is 436 g/mol. The van der Waals surface area contributed by atoms with Crippen molar-refractivity contribution in [3.05, 3.63) is 59.7 Å². The van der Waals surface area contributed by atoms with E-state index in [1.54, 1.807) is 0 Å². The minimum absolute atomic E-state index is 0.0235. The third-order valence-corrected chi connectivity index (χ3v) is 6.69. The van der Waals surface area contributed by atoms with Crippen LogP contribution in [0.2, 0.25) is 0 Å². The molecule has 0 aliphatic heterocycles. The van der Waals surface area contributed by atoms with E-state index in [0.717, 1.165) is 44.7 Å². The van der Waals surface area contributed by atoms with Crippen LogP contribution in [-0.4, -0.2) is 20.6 Å². The zero-order valence-corrected chi connectivity index (χ0v) is 18.7. The molecule has 0 amide bonds. The van der Waals surface area contributed by atoms with Gasteiger partial charge < -0.3 is 9.09 Å². The van der Waals surface area contributed by atoms with Gasteiger partial charge in [-0.1, -0.05) is 35.0 Å². The second-order valence-electron chi connectivity index (χ2n) is 9.15. The van der Waals surface area contributed by atoms with E-state index in [1.807, 2.05) is 20.0 Å². The summed E-state index contributed by atoms with van der Waals surface area (Å²) in [6, 6.07) is 10.5. The lowest BCUT2D eigenvalue weighted by Crippen LogP contribution is -2.26. The molecule has 32 heavy (non-hydrogen) atoms. The van der Waals surface area contributed by atoms with Crippen molar-refractivity contribution in [2.24, 2.45) is 5.92 Å². The van der Waals surface area contributed by atoms with Gasteiger partial charge in [-0.15, -0.1) is 0 Å². The van der Waals surface area contributed by atoms with Crippen LogP contribution < -0.4 is 0 Å². The van der Waals surface area contributed by atoms with Crippen molar-refractivity contribution in [1.29, 1.82) is 0 Å². The van der Waals surface area contributed by atoms with Gasteiger partial charge in [0.1, 0.15) is 5.76 Å². The number of aryl methyl sites for hydroxylation is 3. The SMILES string of the molecule is Cc1ccc(-c2cn(CC3CCC(F)(F)CC3)c3cc(-c4c(C)noc4C)cnc23)cc1. The predicted octanol–water partition coefficient (Wildman–Crippen LogP) is 7.11. The normalized spacial score (nSPS) is 16.7. The van der Waals surface area contributed by atoms with E-state index in [-0.39, 0.29) is 18.8 Å². The molecule has 4 aromatic rings. The van der Waals surface area contributed by atoms with E-state index in [0.29, 0.717) is 19.4 Å². The highest BCUT2D eigenvalue weighted by atomic mass is 19.3. The van der Waals surface area contributed by atoms with E-state index >= 15 is 0 Å². The fourth-order valence-corrected chi connectivity index (χ4v) is 4.85. The van der Waals surface area contributed by atoms with Crippen LogP contribution in [0, 0.1) is 26.7 Å². The van der Waals surface area contributed by atoms with Crippen LogP contribution in [0.25, 0.3) is 33.3 Å². The fraction of sp³-hybridized carbons (Fsp3) is 0.385. The highest BCUT2D eigenvalue weighted by Gasteiger charge is 2.35. The van der Waals surface area contributed by atoms with Crippen LogP contribution in [0.5, 0.6) is 0 Å². The van der Waals surface area contributed by atoms with E-state index in [9.17, 15) is 8.78 Å². The Morgan fingerprint density at radius 1 is 1.06 bits per heavy atom. The van der Waals surface area contributed by atoms with Gasteiger partial charge in [-0.2, -0.15) is 0 Å². The van der Waals surface area contributed by atoms with Crippen LogP contribution in [0.15, 0.2) is 47.2 Å². The number of pyridine rings is 1. The molecule has 0 unspecified atom stereocenters. The van der Waals surface area contributed by atoms with Crippen LogP contribution in [0.4, 0.5) is 8.78 Å². The summed E-state index contributed by atoms with van der Waals surface area (Å²) in [5.74, 6) is -1.52. The first-order valence-electron chi connectivity index (χ1n) is 11.2. The van der Waals surface area contributed by atoms with E-state index in [2.05, 4.69) is 53.2 Å². The van der Waals surface area contributed by atoms with Gasteiger partial charge in [-0.25, -0.2) is 8.78 Å². The van der Waals surface area contributed by atoms with Gasteiger partial charge in [-0.3, -0.25) is 4.98 Å². The molecule has 1 aliphatic rings. The van der Waals surface area contributed by atoms with Crippen molar-refractivity contribution in [3.63, 3.8) is 0 Å². The lowest BCUT2D eigenvalue weighted by Gasteiger charge is -2.28. The van der Waals surface area contributed by atoms with Gasteiger partial charge in [0.25, 0.3) is 0 Å². The first-order chi connectivity index (χ1) is 15.3. The third-order valence-electron chi connectivity index (χ3n) is 6.69. The van der Waals surface area contributed by atoms with Gasteiger partial charge in [0.15, 0.2) is 0 Å². The van der Waals surface area contributed by atoms with Crippen LogP contribution in [-0.2, 0) is 6.54 Å². The smallest absolute Gasteiger partial charge is 0.248 e. The Balaban J connectivity index is 1.60. The molecule has 1 aromatic carbocycles. The lowest BCUT2D eigenvalue weighted by atomic mass is 9.87. The molecule has 5 rings (SSSR count). The topological polar surface area (TPSA) is 43.9 Å². The molecule has 1 fully saturated rings. The highest BCUT2D eigenvalue weighted by molar-refractivity contribution is 5.95. The quantitative estimate of drug-likeness (QED) is 0.343. The van der Waals surface area contributed by atoms with Crippen LogP contribution >= 0.6 is 0 Å². The van der Waals surface area contributed by atoms with Crippen molar-refractivity contribution in [3.8, 4) is 22.3 Å². The van der Waals surface area contributed by atoms with Gasteiger partial charge in [0.05, 0.1) is 16.7 Å². The number of benzene rings is 1. The summed E-state index contributed by atoms with van der Waals surface area (Å²) in [6.07, 6.45) is 5.05. The van der Waals surface area contributed by atoms with Crippen LogP contribution in [0.1, 0.15) is 42.7 Å². The Kier molecular flexibility index (Phi) is 5.11. The van der Waals surface area contributed by atoms with Gasteiger partial charge in [0.2, 0.25) is 5.92 Å². The number of hydrogen-bond acceptors (Lipinski definition) is 3. The second kappa shape index (κ2) is 7.84. The van der Waals surface area contributed by atoms with E-state index in [4.69, 9.17) is 9.51 Å². The summed E-state index contributed by atoms with van der Waals surface area (Å²) >= 11 is 0. The standard InChI is InChI=1S/C26H27F2N3O/c1-16-4-6-20(7-5-16)22-15-31(14-19-8-10-26(27,28)11-9-19)23-12-21(13-29-25(22)23)24-17(2)30-32-18(24)3/h4-7,12-13,15,19H,8-11,14H2,1-3H3. The molecule has 0 saturated heterocycles. The molecule has 0 N–H and O–H groups in total. The monoisotopic (exact) mass is 435 g/mol. The number of aromatic nitrogens is 3. The van der Waals surface area contributed by atoms with Crippen molar-refractivity contribution >= 4 is 11.0 Å². The van der Waals surface area contributed by atoms with Gasteiger partial charge >= 0.3 is 0 Å². The molecule has 166 valence electrons. The Morgan fingerprint density at radius 2 is 1.78 bits per heavy atom. The number of fused-ring (bicyclic) bond motifs is 1. The van der Waals surface area contributed by atoms with Crippen molar-refractivity contribution in [2.45, 2.75) is 58.9 Å². The molecule has 0 radical (unpaired) electrons. The number of halogens is 2. The van der Waals surface area contributed by atoms with Crippen molar-refractivity contribution in [2.75, 3.05) is 0 Å². The minimum atomic E-state index is -2.51. The van der Waals surface area contributed by atoms with E-state index < -0.39 is 5.92 Å². The fourth-order valence-electron chi connectivity index (χ4n) is 4.85. The number of nitrogens with zero attached hydrogens (tertiary/aromatic N) is 3. The molecule has 4 nitrogen and oxygen atoms in total. The Labute approximate surface area is 186 Å². The van der Waals surface area contributed by atoms with Crippen molar-refractivity contribution in [1.82, 2.24) is 14.7 Å². The Morgan fingerprint density at radius 3 is 2.44 bits per heavy atom. The van der Waals surface area contributed by atoms with Crippen LogP contribution in [0.3, 0.4) is 0 Å². The van der Waals surface area contributed by atoms with Crippen molar-refractivity contribution < 1.29 is 13.3 Å². The molecule has 0 bridgehead atoms. The first kappa shape index (κ1) is 20.9. The molecule has 3 aromatic heterocycles. The van der Waals surface area contributed by atoms with Gasteiger partial charge in [-0.05, 0) is 51.2 Å². The molecule has 0 spiro atoms. The summed E-state index contributed by atoms with van der Waals surface area (Å²) in [5.41, 5.74) is 8.05. The summed E-state index contributed by atoms with van der Waals surface area (Å²) in [4.78, 5) is 4.84. The zero-order valence-electron chi connectivity index (χ0n) is 18.7. The lowest BCUT2D eigenvalue weighted by molar-refractivity contribution is -0.0472. The predicted molar refractivity (Wildman–Crippen MR) is 122 cm³/mol. The molecule has 3 heterocycles. The maximum atomic E-state index is 13.7.